The summed E-state index contributed by atoms with van der Waals surface area (Å²) in [6.45, 7) is 3.09. The highest BCUT2D eigenvalue weighted by Crippen LogP contribution is 2.43. The number of methoxy groups -OCH3 is 1. The van der Waals surface area contributed by atoms with Crippen LogP contribution in [0.2, 0.25) is 0 Å². The van der Waals surface area contributed by atoms with Crippen LogP contribution < -0.4 is 11.1 Å². The van der Waals surface area contributed by atoms with Crippen molar-refractivity contribution in [2.75, 3.05) is 26.1 Å². The number of ether oxygens (including phenoxy) is 2. The number of nitrogens with one attached hydrogen (secondary N) is 1. The molecular formula is C14H20N4O3. The van der Waals surface area contributed by atoms with Gasteiger partial charge in [-0.25, -0.2) is 9.97 Å². The van der Waals surface area contributed by atoms with Gasteiger partial charge < -0.3 is 20.5 Å². The van der Waals surface area contributed by atoms with Crippen LogP contribution in [0.25, 0.3) is 0 Å². The number of nitrogens with zero attached hydrogens (tertiary/aromatic N) is 2. The summed E-state index contributed by atoms with van der Waals surface area (Å²) in [5.41, 5.74) is 6.56. The summed E-state index contributed by atoms with van der Waals surface area (Å²) in [6.07, 6.45) is 2.66. The van der Waals surface area contributed by atoms with Crippen LogP contribution in [-0.4, -0.2) is 48.3 Å². The van der Waals surface area contributed by atoms with E-state index in [4.69, 9.17) is 15.2 Å². The van der Waals surface area contributed by atoms with Crippen molar-refractivity contribution in [1.82, 2.24) is 15.3 Å². The Bertz CT molecular complexity index is 551. The number of aryl methyl sites for hydroxylation is 1. The molecule has 1 aromatic rings. The van der Waals surface area contributed by atoms with E-state index < -0.39 is 0 Å². The van der Waals surface area contributed by atoms with Crippen molar-refractivity contribution < 1.29 is 14.3 Å². The lowest BCUT2D eigenvalue weighted by atomic mass is 9.67. The van der Waals surface area contributed by atoms with Gasteiger partial charge in [-0.15, -0.1) is 0 Å². The average molecular weight is 292 g/mol. The minimum atomic E-state index is -0.163. The van der Waals surface area contributed by atoms with Crippen LogP contribution in [0.3, 0.4) is 0 Å². The first-order valence-electron chi connectivity index (χ1n) is 7.12. The first kappa shape index (κ1) is 14.2. The Balaban J connectivity index is 1.71. The number of fused-ring (bicyclic) bond motifs is 1. The second kappa shape index (κ2) is 5.57. The average Bonchev–Trinajstić information content (AvgIpc) is 2.86. The molecule has 4 atom stereocenters. The lowest BCUT2D eigenvalue weighted by molar-refractivity contribution is -0.0809. The minimum absolute atomic E-state index is 0.0851. The highest BCUT2D eigenvalue weighted by molar-refractivity contribution is 5.95. The summed E-state index contributed by atoms with van der Waals surface area (Å²) in [5, 5.41) is 3.08. The number of carbonyl (C=O) groups is 1. The van der Waals surface area contributed by atoms with E-state index >= 15 is 0 Å². The maximum atomic E-state index is 12.4. The summed E-state index contributed by atoms with van der Waals surface area (Å²) in [4.78, 5) is 20.3. The second-order valence-corrected chi connectivity index (χ2v) is 5.63. The Hall–Kier alpha value is -1.73. The van der Waals surface area contributed by atoms with Gasteiger partial charge in [0.05, 0.1) is 24.0 Å². The van der Waals surface area contributed by atoms with E-state index in [1.807, 2.05) is 0 Å². The summed E-state index contributed by atoms with van der Waals surface area (Å²) in [6, 6.07) is 0.0851. The molecule has 1 aliphatic carbocycles. The van der Waals surface area contributed by atoms with E-state index in [2.05, 4.69) is 15.3 Å². The predicted octanol–water partition coefficient (Wildman–Crippen LogP) is 0.147. The molecule has 2 aliphatic rings. The van der Waals surface area contributed by atoms with E-state index in [1.54, 1.807) is 14.0 Å². The fourth-order valence-corrected chi connectivity index (χ4v) is 3.37. The standard InChI is InChI=1S/C14H20N4O3/c1-7-9(5-16-14(15)17-7)13(19)18-11-8-3-4-21-12(8)10(11)6-20-2/h5,8,10-12H,3-4,6H2,1-2H3,(H,18,19)(H2,15,16,17)/t8-,10+,11+,12-/m0/s1. The number of anilines is 1. The Morgan fingerprint density at radius 1 is 1.62 bits per heavy atom. The van der Waals surface area contributed by atoms with Gasteiger partial charge in [-0.1, -0.05) is 0 Å². The Morgan fingerprint density at radius 2 is 2.43 bits per heavy atom. The zero-order chi connectivity index (χ0) is 15.0. The van der Waals surface area contributed by atoms with Crippen LogP contribution in [-0.2, 0) is 9.47 Å². The van der Waals surface area contributed by atoms with Crippen LogP contribution in [0.4, 0.5) is 5.95 Å². The van der Waals surface area contributed by atoms with Gasteiger partial charge in [-0.05, 0) is 13.3 Å². The van der Waals surface area contributed by atoms with Crippen molar-refractivity contribution in [2.45, 2.75) is 25.5 Å². The van der Waals surface area contributed by atoms with Crippen LogP contribution >= 0.6 is 0 Å². The minimum Gasteiger partial charge on any atom is -0.384 e. The molecule has 2 heterocycles. The molecule has 7 heteroatoms. The van der Waals surface area contributed by atoms with E-state index in [1.165, 1.54) is 6.20 Å². The normalized spacial score (nSPS) is 30.6. The highest BCUT2D eigenvalue weighted by Gasteiger charge is 2.54. The molecule has 21 heavy (non-hydrogen) atoms. The lowest BCUT2D eigenvalue weighted by Crippen LogP contribution is -2.62. The van der Waals surface area contributed by atoms with Crippen molar-refractivity contribution >= 4 is 11.9 Å². The van der Waals surface area contributed by atoms with E-state index in [9.17, 15) is 4.79 Å². The van der Waals surface area contributed by atoms with Crippen LogP contribution in [0, 0.1) is 18.8 Å². The Labute approximate surface area is 123 Å². The van der Waals surface area contributed by atoms with Crippen molar-refractivity contribution in [1.29, 1.82) is 0 Å². The molecule has 1 saturated carbocycles. The van der Waals surface area contributed by atoms with Gasteiger partial charge in [-0.2, -0.15) is 0 Å². The first-order chi connectivity index (χ1) is 10.1. The van der Waals surface area contributed by atoms with Crippen molar-refractivity contribution in [3.8, 4) is 0 Å². The second-order valence-electron chi connectivity index (χ2n) is 5.63. The molecule has 3 rings (SSSR count). The maximum Gasteiger partial charge on any atom is 0.254 e. The predicted molar refractivity (Wildman–Crippen MR) is 75.6 cm³/mol. The fraction of sp³-hybridized carbons (Fsp3) is 0.643. The molecule has 0 bridgehead atoms. The molecule has 2 fully saturated rings. The Kier molecular flexibility index (Phi) is 3.77. The largest absolute Gasteiger partial charge is 0.384 e. The van der Waals surface area contributed by atoms with Crippen LogP contribution in [0.1, 0.15) is 22.5 Å². The third kappa shape index (κ3) is 2.47. The van der Waals surface area contributed by atoms with Crippen LogP contribution in [0.15, 0.2) is 6.20 Å². The molecular weight excluding hydrogens is 272 g/mol. The number of aromatic nitrogens is 2. The summed E-state index contributed by atoms with van der Waals surface area (Å²) in [5.74, 6) is 0.601. The van der Waals surface area contributed by atoms with E-state index in [0.29, 0.717) is 23.8 Å². The number of hydrogen-bond donors (Lipinski definition) is 2. The van der Waals surface area contributed by atoms with Gasteiger partial charge in [-0.3, -0.25) is 4.79 Å². The number of nitrogens with two attached hydrogens (primary N) is 1. The summed E-state index contributed by atoms with van der Waals surface area (Å²) in [7, 11) is 1.67. The van der Waals surface area contributed by atoms with Crippen LogP contribution in [0.5, 0.6) is 0 Å². The molecule has 0 spiro atoms. The zero-order valence-electron chi connectivity index (χ0n) is 12.2. The monoisotopic (exact) mass is 292 g/mol. The molecule has 3 N–H and O–H groups in total. The molecule has 1 aromatic heterocycles. The topological polar surface area (TPSA) is 99.4 Å². The van der Waals surface area contributed by atoms with Gasteiger partial charge in [0.1, 0.15) is 0 Å². The quantitative estimate of drug-likeness (QED) is 0.819. The summed E-state index contributed by atoms with van der Waals surface area (Å²) >= 11 is 0. The number of rotatable bonds is 4. The van der Waals surface area contributed by atoms with E-state index in [-0.39, 0.29) is 29.9 Å². The van der Waals surface area contributed by atoms with Crippen molar-refractivity contribution in [2.24, 2.45) is 11.8 Å². The molecule has 0 aromatic carbocycles. The van der Waals surface area contributed by atoms with Gasteiger partial charge in [0, 0.05) is 37.8 Å². The van der Waals surface area contributed by atoms with Gasteiger partial charge in [0.25, 0.3) is 5.91 Å². The molecule has 114 valence electrons. The number of carbonyl (C=O) groups excluding carboxylic acids is 1. The van der Waals surface area contributed by atoms with Crippen molar-refractivity contribution in [3.63, 3.8) is 0 Å². The molecule has 1 saturated heterocycles. The van der Waals surface area contributed by atoms with Crippen molar-refractivity contribution in [3.05, 3.63) is 17.5 Å². The fourth-order valence-electron chi connectivity index (χ4n) is 3.37. The maximum absolute atomic E-state index is 12.4. The number of amides is 1. The zero-order valence-corrected chi connectivity index (χ0v) is 12.2. The third-order valence-corrected chi connectivity index (χ3v) is 4.43. The smallest absolute Gasteiger partial charge is 0.254 e. The van der Waals surface area contributed by atoms with E-state index in [0.717, 1.165) is 13.0 Å². The molecule has 0 radical (unpaired) electrons. The summed E-state index contributed by atoms with van der Waals surface area (Å²) < 4.78 is 10.9. The number of nitrogen functional groups attached to an aromatic ring is 1. The lowest BCUT2D eigenvalue weighted by Gasteiger charge is -2.47. The van der Waals surface area contributed by atoms with Gasteiger partial charge in [0.2, 0.25) is 5.95 Å². The Morgan fingerprint density at radius 3 is 3.14 bits per heavy atom. The first-order valence-corrected chi connectivity index (χ1v) is 7.12. The highest BCUT2D eigenvalue weighted by atomic mass is 16.5. The van der Waals surface area contributed by atoms with Gasteiger partial charge >= 0.3 is 0 Å². The molecule has 0 unspecified atom stereocenters. The number of hydrogen-bond acceptors (Lipinski definition) is 6. The molecule has 1 aliphatic heterocycles. The molecule has 7 nitrogen and oxygen atoms in total. The third-order valence-electron chi connectivity index (χ3n) is 4.43. The SMILES string of the molecule is COC[C@@H]1[C@H](NC(=O)c2cnc(N)nc2C)[C@@H]2CCO[C@H]12. The molecule has 1 amide bonds. The van der Waals surface area contributed by atoms with Gasteiger partial charge in [0.15, 0.2) is 0 Å².